The first kappa shape index (κ1) is 35.6. The maximum Gasteiger partial charge on any atom is 0.323 e. The van der Waals surface area contributed by atoms with Crippen LogP contribution in [0.3, 0.4) is 0 Å². The molecule has 0 aliphatic heterocycles. The number of anilines is 4. The third-order valence-corrected chi connectivity index (χ3v) is 9.91. The van der Waals surface area contributed by atoms with E-state index < -0.39 is 59.4 Å². The van der Waals surface area contributed by atoms with E-state index in [1.54, 1.807) is 0 Å². The molecule has 0 bridgehead atoms. The zero-order chi connectivity index (χ0) is 37.4. The first-order chi connectivity index (χ1) is 24.6. The van der Waals surface area contributed by atoms with Crippen molar-refractivity contribution in [3.63, 3.8) is 0 Å². The van der Waals surface area contributed by atoms with Crippen LogP contribution in [0.4, 0.5) is 27.5 Å². The van der Waals surface area contributed by atoms with Crippen LogP contribution < -0.4 is 21.3 Å². The summed E-state index contributed by atoms with van der Waals surface area (Å²) in [4.78, 5) is 63.6. The van der Waals surface area contributed by atoms with Crippen molar-refractivity contribution in [3.8, 4) is 0 Å². The molecule has 4 amide bonds. The van der Waals surface area contributed by atoms with E-state index in [-0.39, 0.29) is 69.0 Å². The highest BCUT2D eigenvalue weighted by atomic mass is 32.2. The fourth-order valence-electron chi connectivity index (χ4n) is 5.81. The molecule has 4 aromatic rings. The van der Waals surface area contributed by atoms with E-state index in [0.717, 1.165) is 12.1 Å². The second-order valence-electron chi connectivity index (χ2n) is 11.5. The van der Waals surface area contributed by atoms with Crippen LogP contribution in [-0.2, 0) is 33.1 Å². The number of carbonyl (C=O) groups excluding carboxylic acids is 5. The van der Waals surface area contributed by atoms with Crippen molar-refractivity contribution in [1.82, 2.24) is 0 Å². The Kier molecular flexibility index (Phi) is 9.44. The molecule has 2 aliphatic carbocycles. The van der Waals surface area contributed by atoms with Gasteiger partial charge >= 0.3 is 6.03 Å². The van der Waals surface area contributed by atoms with Crippen LogP contribution in [0.25, 0.3) is 0 Å². The molecular weight excluding hydrogens is 717 g/mol. The van der Waals surface area contributed by atoms with Gasteiger partial charge in [-0.05, 0) is 96.8 Å². The Morgan fingerprint density at radius 1 is 0.558 bits per heavy atom. The lowest BCUT2D eigenvalue weighted by Gasteiger charge is -2.18. The van der Waals surface area contributed by atoms with E-state index in [0.29, 0.717) is 0 Å². The summed E-state index contributed by atoms with van der Waals surface area (Å²) in [7, 11) is -9.27. The topological polar surface area (TPSA) is 242 Å². The molecule has 0 atom stereocenters. The van der Waals surface area contributed by atoms with E-state index in [1.807, 2.05) is 0 Å². The molecule has 6 rings (SSSR count). The van der Waals surface area contributed by atoms with Crippen LogP contribution in [-0.4, -0.2) is 55.4 Å². The van der Waals surface area contributed by atoms with Gasteiger partial charge in [0.1, 0.15) is 0 Å². The largest absolute Gasteiger partial charge is 0.323 e. The van der Waals surface area contributed by atoms with Gasteiger partial charge in [0.2, 0.25) is 0 Å². The number of ketones is 2. The van der Waals surface area contributed by atoms with Crippen LogP contribution in [0.5, 0.6) is 0 Å². The smallest absolute Gasteiger partial charge is 0.321 e. The van der Waals surface area contributed by atoms with Crippen LogP contribution in [0.15, 0.2) is 107 Å². The van der Waals surface area contributed by atoms with E-state index >= 15 is 0 Å². The number of urea groups is 1. The number of rotatable bonds is 8. The van der Waals surface area contributed by atoms with E-state index in [1.165, 1.54) is 85.0 Å². The lowest BCUT2D eigenvalue weighted by molar-refractivity contribution is 0.101. The van der Waals surface area contributed by atoms with Crippen molar-refractivity contribution < 1.29 is 49.9 Å². The molecule has 0 aromatic heterocycles. The lowest BCUT2D eigenvalue weighted by atomic mass is 9.94. The average Bonchev–Trinajstić information content (AvgIpc) is 3.07. The van der Waals surface area contributed by atoms with Crippen molar-refractivity contribution in [2.24, 2.45) is 0 Å². The van der Waals surface area contributed by atoms with Gasteiger partial charge in [-0.25, -0.2) is 4.79 Å². The fraction of sp³-hybridized carbons (Fsp3) is 0.0571. The summed E-state index contributed by atoms with van der Waals surface area (Å²) >= 11 is 0. The molecule has 0 spiro atoms. The van der Waals surface area contributed by atoms with E-state index in [9.17, 15) is 49.9 Å². The second-order valence-corrected chi connectivity index (χ2v) is 14.3. The van der Waals surface area contributed by atoms with Crippen molar-refractivity contribution >= 4 is 72.4 Å². The number of carbonyl (C=O) groups is 5. The van der Waals surface area contributed by atoms with Crippen LogP contribution in [0.2, 0.25) is 0 Å². The summed E-state index contributed by atoms with van der Waals surface area (Å²) in [5, 5.41) is 10.3. The Bertz CT molecular complexity index is 2350. The SMILES string of the molecule is O=C(Nc1cccc(C(=O)Nc2ccc(S(=O)(=O)O)c3c2C(=O)C=CC3)c1)Nc1cccc(C(=O)Nc2ccc(S(=O)(=O)O)c3c2C(=O)C=CC3)c1. The predicted octanol–water partition coefficient (Wildman–Crippen LogP) is 4.92. The molecule has 4 aromatic carbocycles. The van der Waals surface area contributed by atoms with Crippen LogP contribution in [0.1, 0.15) is 52.6 Å². The summed E-state index contributed by atoms with van der Waals surface area (Å²) in [6, 6.07) is 15.4. The molecule has 17 heteroatoms. The first-order valence-corrected chi connectivity index (χ1v) is 18.1. The van der Waals surface area contributed by atoms with Crippen molar-refractivity contribution in [3.05, 3.63) is 130 Å². The van der Waals surface area contributed by atoms with Gasteiger partial charge in [-0.1, -0.05) is 24.3 Å². The monoisotopic (exact) mass is 742 g/mol. The molecule has 0 unspecified atom stereocenters. The molecule has 52 heavy (non-hydrogen) atoms. The Morgan fingerprint density at radius 2 is 0.962 bits per heavy atom. The number of nitrogens with one attached hydrogen (secondary N) is 4. The molecule has 6 N–H and O–H groups in total. The number of fused-ring (bicyclic) bond motifs is 2. The van der Waals surface area contributed by atoms with Gasteiger partial charge in [0.15, 0.2) is 11.6 Å². The molecule has 15 nitrogen and oxygen atoms in total. The summed E-state index contributed by atoms with van der Waals surface area (Å²) < 4.78 is 66.6. The van der Waals surface area contributed by atoms with E-state index in [4.69, 9.17) is 0 Å². The highest BCUT2D eigenvalue weighted by Crippen LogP contribution is 2.33. The van der Waals surface area contributed by atoms with Crippen molar-refractivity contribution in [1.29, 1.82) is 0 Å². The third-order valence-electron chi connectivity index (χ3n) is 8.03. The Balaban J connectivity index is 1.14. The van der Waals surface area contributed by atoms with Gasteiger partial charge < -0.3 is 21.3 Å². The molecule has 2 aliphatic rings. The highest BCUT2D eigenvalue weighted by molar-refractivity contribution is 7.86. The normalized spacial score (nSPS) is 13.5. The first-order valence-electron chi connectivity index (χ1n) is 15.2. The average molecular weight is 743 g/mol. The van der Waals surface area contributed by atoms with Gasteiger partial charge in [0.05, 0.1) is 32.3 Å². The fourth-order valence-corrected chi connectivity index (χ4v) is 7.28. The number of allylic oxidation sites excluding steroid dienone is 4. The molecular formula is C35H26N4O11S2. The lowest BCUT2D eigenvalue weighted by Crippen LogP contribution is -2.21. The maximum absolute atomic E-state index is 13.2. The molecule has 0 fully saturated rings. The van der Waals surface area contributed by atoms with Gasteiger partial charge in [0, 0.05) is 22.5 Å². The van der Waals surface area contributed by atoms with Gasteiger partial charge in [0.25, 0.3) is 32.1 Å². The number of benzene rings is 4. The number of hydrogen-bond donors (Lipinski definition) is 6. The van der Waals surface area contributed by atoms with Crippen molar-refractivity contribution in [2.45, 2.75) is 22.6 Å². The Morgan fingerprint density at radius 3 is 1.35 bits per heavy atom. The van der Waals surface area contributed by atoms with Crippen LogP contribution in [0, 0.1) is 0 Å². The van der Waals surface area contributed by atoms with Gasteiger partial charge in [-0.2, -0.15) is 16.8 Å². The Hall–Kier alpha value is -6.27. The highest BCUT2D eigenvalue weighted by Gasteiger charge is 2.28. The molecule has 0 radical (unpaired) electrons. The van der Waals surface area contributed by atoms with Gasteiger partial charge in [-0.15, -0.1) is 0 Å². The summed E-state index contributed by atoms with van der Waals surface area (Å²) in [6.07, 6.45) is 5.43. The van der Waals surface area contributed by atoms with Crippen molar-refractivity contribution in [2.75, 3.05) is 21.3 Å². The Labute approximate surface area is 295 Å². The second kappa shape index (κ2) is 13.8. The number of hydrogen-bond acceptors (Lipinski definition) is 9. The molecule has 0 heterocycles. The quantitative estimate of drug-likeness (QED) is 0.132. The third kappa shape index (κ3) is 7.42. The molecule has 264 valence electrons. The minimum absolute atomic E-state index is 0.0280. The van der Waals surface area contributed by atoms with Gasteiger partial charge in [-0.3, -0.25) is 28.3 Å². The van der Waals surface area contributed by atoms with E-state index in [2.05, 4.69) is 21.3 Å². The minimum atomic E-state index is -4.64. The maximum atomic E-state index is 13.2. The summed E-state index contributed by atoms with van der Waals surface area (Å²) in [6.45, 7) is 0. The molecule has 0 saturated heterocycles. The van der Waals surface area contributed by atoms with Crippen LogP contribution >= 0.6 is 0 Å². The zero-order valence-electron chi connectivity index (χ0n) is 26.5. The zero-order valence-corrected chi connectivity index (χ0v) is 28.2. The molecule has 0 saturated carbocycles. The standard InChI is InChI=1S/C35H26N4O11S2/c40-27-11-3-9-23-29(51(45,46)47)15-13-25(31(23)27)38-33(42)19-5-1-7-21(17-19)36-35(44)37-22-8-2-6-20(18-22)34(43)39-26-14-16-30(52(48,49)50)24-10-4-12-28(41)32(24)26/h1-8,11-18H,9-10H2,(H,38,42)(H,39,43)(H2,36,37,44)(H,45,46,47)(H,48,49,50). The summed E-state index contributed by atoms with van der Waals surface area (Å²) in [5.41, 5.74) is 0.528. The summed E-state index contributed by atoms with van der Waals surface area (Å²) in [5.74, 6) is -2.48. The predicted molar refractivity (Wildman–Crippen MR) is 188 cm³/mol. The number of amides is 4. The minimum Gasteiger partial charge on any atom is -0.321 e.